The summed E-state index contributed by atoms with van der Waals surface area (Å²) in [5.74, 6) is -0.649. The Morgan fingerprint density at radius 1 is 1.14 bits per heavy atom. The first-order valence-corrected chi connectivity index (χ1v) is 13.9. The second-order valence-corrected chi connectivity index (χ2v) is 11.3. The highest BCUT2D eigenvalue weighted by Gasteiger charge is 2.36. The Morgan fingerprint density at radius 3 is 2.51 bits per heavy atom. The van der Waals surface area contributed by atoms with Crippen LogP contribution in [0.4, 0.5) is 4.39 Å². The number of carbonyl (C=O) groups excluding carboxylic acids is 1. The molecule has 0 saturated carbocycles. The fraction of sp³-hybridized carbons (Fsp3) is 0.357. The van der Waals surface area contributed by atoms with Gasteiger partial charge in [-0.15, -0.1) is 0 Å². The van der Waals surface area contributed by atoms with E-state index in [2.05, 4.69) is 22.6 Å². The molecule has 2 aromatic carbocycles. The summed E-state index contributed by atoms with van der Waals surface area (Å²) in [4.78, 5) is 12.8. The molecule has 0 spiro atoms. The number of nitrogens with zero attached hydrogens (tertiary/aromatic N) is 2. The lowest BCUT2D eigenvalue weighted by molar-refractivity contribution is -0.126. The van der Waals surface area contributed by atoms with Crippen LogP contribution < -0.4 is 5.32 Å². The molecule has 1 aliphatic heterocycles. The van der Waals surface area contributed by atoms with Crippen LogP contribution in [0.2, 0.25) is 0 Å². The van der Waals surface area contributed by atoms with Gasteiger partial charge in [0, 0.05) is 30.6 Å². The molecule has 1 saturated heterocycles. The summed E-state index contributed by atoms with van der Waals surface area (Å²) in [7, 11) is -3.91. The second-order valence-electron chi connectivity index (χ2n) is 9.43. The lowest BCUT2D eigenvalue weighted by Crippen LogP contribution is -2.45. The SMILES string of the molecule is Cc1noc(/C=C/c2ccccc2F)c1S(=O)(=O)N1CCC(C(=O)N[C@@H](C)CCc2ccccc2)CC1. The van der Waals surface area contributed by atoms with Crippen molar-refractivity contribution in [1.29, 1.82) is 0 Å². The average Bonchev–Trinajstić information content (AvgIpc) is 3.28. The Morgan fingerprint density at radius 2 is 1.81 bits per heavy atom. The van der Waals surface area contributed by atoms with Crippen molar-refractivity contribution in [3.8, 4) is 0 Å². The van der Waals surface area contributed by atoms with Gasteiger partial charge in [0.15, 0.2) is 10.7 Å². The maximum Gasteiger partial charge on any atom is 0.248 e. The summed E-state index contributed by atoms with van der Waals surface area (Å²) in [5.41, 5.74) is 1.78. The first kappa shape index (κ1) is 26.8. The van der Waals surface area contributed by atoms with Crippen LogP contribution in [-0.2, 0) is 21.2 Å². The number of aromatic nitrogens is 1. The van der Waals surface area contributed by atoms with Crippen molar-refractivity contribution in [2.75, 3.05) is 13.1 Å². The third-order valence-electron chi connectivity index (χ3n) is 6.67. The van der Waals surface area contributed by atoms with Gasteiger partial charge in [0.2, 0.25) is 15.9 Å². The minimum Gasteiger partial charge on any atom is -0.355 e. The molecule has 37 heavy (non-hydrogen) atoms. The van der Waals surface area contributed by atoms with Crippen molar-refractivity contribution >= 4 is 28.1 Å². The highest BCUT2D eigenvalue weighted by Crippen LogP contribution is 2.29. The van der Waals surface area contributed by atoms with Gasteiger partial charge < -0.3 is 9.84 Å². The summed E-state index contributed by atoms with van der Waals surface area (Å²) in [5, 5.41) is 6.92. The van der Waals surface area contributed by atoms with E-state index in [1.54, 1.807) is 25.1 Å². The summed E-state index contributed by atoms with van der Waals surface area (Å²) in [6, 6.07) is 16.3. The Bertz CT molecular complexity index is 1350. The lowest BCUT2D eigenvalue weighted by Gasteiger charge is -2.31. The number of benzene rings is 2. The molecule has 1 N–H and O–H groups in total. The van der Waals surface area contributed by atoms with Crippen LogP contribution in [0.1, 0.15) is 48.8 Å². The molecule has 1 aromatic heterocycles. The van der Waals surface area contributed by atoms with E-state index in [-0.39, 0.29) is 47.3 Å². The predicted octanol–water partition coefficient (Wildman–Crippen LogP) is 4.83. The van der Waals surface area contributed by atoms with E-state index < -0.39 is 15.8 Å². The van der Waals surface area contributed by atoms with Crippen LogP contribution in [0.25, 0.3) is 12.2 Å². The Kier molecular flexibility index (Phi) is 8.56. The van der Waals surface area contributed by atoms with Crippen molar-refractivity contribution < 1.29 is 22.1 Å². The van der Waals surface area contributed by atoms with Crippen LogP contribution in [0, 0.1) is 18.7 Å². The van der Waals surface area contributed by atoms with Gasteiger partial charge in [0.1, 0.15) is 11.5 Å². The monoisotopic (exact) mass is 525 g/mol. The van der Waals surface area contributed by atoms with Crippen LogP contribution in [-0.4, -0.2) is 42.9 Å². The molecule has 1 fully saturated rings. The van der Waals surface area contributed by atoms with Gasteiger partial charge >= 0.3 is 0 Å². The standard InChI is InChI=1S/C28H32FN3O4S/c1-20(12-13-22-8-4-3-5-9-22)30-28(33)24-16-18-32(19-17-24)37(34,35)27-21(2)31-36-26(27)15-14-23-10-6-7-11-25(23)29/h3-11,14-15,20,24H,12-13,16-19H2,1-2H3,(H,30,33)/b15-14+/t20-/m0/s1. The van der Waals surface area contributed by atoms with Gasteiger partial charge in [-0.1, -0.05) is 53.7 Å². The number of halogens is 1. The van der Waals surface area contributed by atoms with Gasteiger partial charge in [-0.3, -0.25) is 4.79 Å². The van der Waals surface area contributed by atoms with Crippen LogP contribution in [0.5, 0.6) is 0 Å². The van der Waals surface area contributed by atoms with E-state index in [0.717, 1.165) is 12.8 Å². The number of amides is 1. The van der Waals surface area contributed by atoms with Crippen molar-refractivity contribution in [2.45, 2.75) is 50.5 Å². The fourth-order valence-electron chi connectivity index (χ4n) is 4.52. The van der Waals surface area contributed by atoms with Crippen LogP contribution >= 0.6 is 0 Å². The minimum atomic E-state index is -3.91. The molecular weight excluding hydrogens is 493 g/mol. The Balaban J connectivity index is 1.36. The number of hydrogen-bond acceptors (Lipinski definition) is 5. The van der Waals surface area contributed by atoms with E-state index in [9.17, 15) is 17.6 Å². The lowest BCUT2D eigenvalue weighted by atomic mass is 9.96. The van der Waals surface area contributed by atoms with E-state index in [4.69, 9.17) is 4.52 Å². The van der Waals surface area contributed by atoms with Gasteiger partial charge in [0.25, 0.3) is 0 Å². The summed E-state index contributed by atoms with van der Waals surface area (Å²) in [6.45, 7) is 4.00. The molecule has 196 valence electrons. The quantitative estimate of drug-likeness (QED) is 0.432. The number of piperidine rings is 1. The zero-order valence-electron chi connectivity index (χ0n) is 21.1. The van der Waals surface area contributed by atoms with E-state index >= 15 is 0 Å². The number of carbonyl (C=O) groups is 1. The van der Waals surface area contributed by atoms with E-state index in [0.29, 0.717) is 18.4 Å². The molecule has 0 bridgehead atoms. The zero-order chi connectivity index (χ0) is 26.4. The summed E-state index contributed by atoms with van der Waals surface area (Å²) >= 11 is 0. The van der Waals surface area contributed by atoms with Crippen molar-refractivity contribution in [3.63, 3.8) is 0 Å². The predicted molar refractivity (Wildman–Crippen MR) is 140 cm³/mol. The molecule has 1 aliphatic rings. The number of sulfonamides is 1. The normalized spacial score (nSPS) is 16.2. The molecule has 2 heterocycles. The summed E-state index contributed by atoms with van der Waals surface area (Å²) in [6.07, 6.45) is 5.46. The molecule has 1 atom stereocenters. The Hall–Kier alpha value is -3.30. The van der Waals surface area contributed by atoms with E-state index in [1.165, 1.54) is 28.1 Å². The third kappa shape index (κ3) is 6.53. The first-order valence-electron chi connectivity index (χ1n) is 12.5. The highest BCUT2D eigenvalue weighted by molar-refractivity contribution is 7.89. The van der Waals surface area contributed by atoms with E-state index in [1.807, 2.05) is 25.1 Å². The number of nitrogens with one attached hydrogen (secondary N) is 1. The minimum absolute atomic E-state index is 0.0259. The molecule has 0 radical (unpaired) electrons. The van der Waals surface area contributed by atoms with Crippen LogP contribution in [0.3, 0.4) is 0 Å². The molecule has 1 amide bonds. The second kappa shape index (κ2) is 11.8. The highest BCUT2D eigenvalue weighted by atomic mass is 32.2. The molecule has 4 rings (SSSR count). The smallest absolute Gasteiger partial charge is 0.248 e. The largest absolute Gasteiger partial charge is 0.355 e. The van der Waals surface area contributed by atoms with Gasteiger partial charge in [-0.2, -0.15) is 4.31 Å². The molecule has 7 nitrogen and oxygen atoms in total. The molecule has 9 heteroatoms. The molecule has 0 unspecified atom stereocenters. The first-order chi connectivity index (χ1) is 17.8. The fourth-order valence-corrected chi connectivity index (χ4v) is 6.24. The van der Waals surface area contributed by atoms with Crippen molar-refractivity contribution in [2.24, 2.45) is 5.92 Å². The van der Waals surface area contributed by atoms with Crippen molar-refractivity contribution in [3.05, 3.63) is 83.0 Å². The van der Waals surface area contributed by atoms with Gasteiger partial charge in [-0.25, -0.2) is 12.8 Å². The average molecular weight is 526 g/mol. The number of aryl methyl sites for hydroxylation is 2. The molecular formula is C28H32FN3O4S. The van der Waals surface area contributed by atoms with Crippen molar-refractivity contribution in [1.82, 2.24) is 14.8 Å². The topological polar surface area (TPSA) is 92.5 Å². The van der Waals surface area contributed by atoms with Gasteiger partial charge in [-0.05, 0) is 63.3 Å². The number of rotatable bonds is 9. The van der Waals surface area contributed by atoms with Gasteiger partial charge in [0.05, 0.1) is 0 Å². The zero-order valence-corrected chi connectivity index (χ0v) is 21.9. The molecule has 0 aliphatic carbocycles. The number of hydrogen-bond donors (Lipinski definition) is 1. The maximum atomic E-state index is 14.0. The Labute approximate surface area is 217 Å². The maximum absolute atomic E-state index is 14.0. The third-order valence-corrected chi connectivity index (χ3v) is 8.73. The summed E-state index contributed by atoms with van der Waals surface area (Å²) < 4.78 is 47.5. The van der Waals surface area contributed by atoms with Crippen LogP contribution in [0.15, 0.2) is 64.0 Å². The molecule has 3 aromatic rings.